The van der Waals surface area contributed by atoms with Crippen molar-refractivity contribution in [3.63, 3.8) is 0 Å². The van der Waals surface area contributed by atoms with Crippen molar-refractivity contribution in [1.29, 1.82) is 0 Å². The van der Waals surface area contributed by atoms with Crippen LogP contribution in [-0.4, -0.2) is 24.4 Å². The van der Waals surface area contributed by atoms with Gasteiger partial charge in [0.25, 0.3) is 0 Å². The molecule has 16 heavy (non-hydrogen) atoms. The third-order valence-corrected chi connectivity index (χ3v) is 2.24. The van der Waals surface area contributed by atoms with E-state index in [1.54, 1.807) is 0 Å². The highest BCUT2D eigenvalue weighted by Crippen LogP contribution is 2.41. The van der Waals surface area contributed by atoms with E-state index in [1.807, 2.05) is 0 Å². The summed E-state index contributed by atoms with van der Waals surface area (Å²) in [4.78, 5) is 0. The first-order valence-corrected chi connectivity index (χ1v) is 4.69. The first-order valence-electron chi connectivity index (χ1n) is 4.69. The first-order chi connectivity index (χ1) is 7.32. The zero-order valence-corrected chi connectivity index (χ0v) is 9.67. The van der Waals surface area contributed by atoms with Crippen LogP contribution in [-0.2, 0) is 5.60 Å². The van der Waals surface area contributed by atoms with E-state index in [0.717, 1.165) is 0 Å². The van der Waals surface area contributed by atoms with Crippen molar-refractivity contribution in [2.75, 3.05) is 14.2 Å². The van der Waals surface area contributed by atoms with Gasteiger partial charge in [-0.25, -0.2) is 0 Å². The van der Waals surface area contributed by atoms with Gasteiger partial charge in [-0.2, -0.15) is 4.39 Å². The van der Waals surface area contributed by atoms with E-state index in [4.69, 9.17) is 9.47 Å². The summed E-state index contributed by atoms with van der Waals surface area (Å²) in [7, 11) is 2.62. The Balaban J connectivity index is 3.51. The lowest BCUT2D eigenvalue weighted by Crippen LogP contribution is -2.16. The molecule has 1 aromatic rings. The molecule has 0 heterocycles. The van der Waals surface area contributed by atoms with Gasteiger partial charge >= 0.3 is 0 Å². The zero-order chi connectivity index (χ0) is 12.5. The lowest BCUT2D eigenvalue weighted by molar-refractivity contribution is 0.0746. The molecule has 0 amide bonds. The van der Waals surface area contributed by atoms with Gasteiger partial charge < -0.3 is 19.7 Å². The molecule has 90 valence electrons. The van der Waals surface area contributed by atoms with E-state index in [9.17, 15) is 14.6 Å². The van der Waals surface area contributed by atoms with Crippen molar-refractivity contribution in [3.8, 4) is 17.2 Å². The van der Waals surface area contributed by atoms with Crippen LogP contribution >= 0.6 is 0 Å². The third-order valence-electron chi connectivity index (χ3n) is 2.24. The van der Waals surface area contributed by atoms with Crippen molar-refractivity contribution in [1.82, 2.24) is 0 Å². The third kappa shape index (κ3) is 2.04. The van der Waals surface area contributed by atoms with Crippen molar-refractivity contribution < 1.29 is 24.1 Å². The molecule has 0 saturated carbocycles. The highest BCUT2D eigenvalue weighted by atomic mass is 19.1. The Kier molecular flexibility index (Phi) is 3.28. The van der Waals surface area contributed by atoms with E-state index < -0.39 is 17.2 Å². The van der Waals surface area contributed by atoms with E-state index in [0.29, 0.717) is 0 Å². The van der Waals surface area contributed by atoms with Crippen molar-refractivity contribution in [2.24, 2.45) is 0 Å². The number of aliphatic hydroxyl groups is 1. The molecule has 0 bridgehead atoms. The number of phenolic OH excluding ortho intramolecular Hbond substituents is 1. The van der Waals surface area contributed by atoms with Crippen LogP contribution in [0.4, 0.5) is 4.39 Å². The van der Waals surface area contributed by atoms with Crippen molar-refractivity contribution in [2.45, 2.75) is 19.4 Å². The SMILES string of the molecule is COc1cc(C(C)(C)O)c(O)c(F)c1OC. The van der Waals surface area contributed by atoms with E-state index in [1.165, 1.54) is 34.1 Å². The van der Waals surface area contributed by atoms with Gasteiger partial charge in [0.2, 0.25) is 11.6 Å². The Bertz CT molecular complexity index is 396. The van der Waals surface area contributed by atoms with Crippen LogP contribution in [0.3, 0.4) is 0 Å². The maximum absolute atomic E-state index is 13.7. The number of hydrogen-bond donors (Lipinski definition) is 2. The highest BCUT2D eigenvalue weighted by molar-refractivity contribution is 5.53. The topological polar surface area (TPSA) is 58.9 Å². The molecule has 1 aromatic carbocycles. The molecule has 2 N–H and O–H groups in total. The van der Waals surface area contributed by atoms with Crippen molar-refractivity contribution in [3.05, 3.63) is 17.4 Å². The first kappa shape index (κ1) is 12.6. The number of benzene rings is 1. The lowest BCUT2D eigenvalue weighted by atomic mass is 9.96. The van der Waals surface area contributed by atoms with Crippen LogP contribution in [0, 0.1) is 5.82 Å². The van der Waals surface area contributed by atoms with Gasteiger partial charge in [-0.15, -0.1) is 0 Å². The summed E-state index contributed by atoms with van der Waals surface area (Å²) < 4.78 is 23.4. The second-order valence-electron chi connectivity index (χ2n) is 3.88. The average Bonchev–Trinajstić information content (AvgIpc) is 2.19. The van der Waals surface area contributed by atoms with E-state index >= 15 is 0 Å². The van der Waals surface area contributed by atoms with Gasteiger partial charge in [0.15, 0.2) is 11.5 Å². The lowest BCUT2D eigenvalue weighted by Gasteiger charge is -2.21. The molecular weight excluding hydrogens is 215 g/mol. The van der Waals surface area contributed by atoms with Crippen LogP contribution in [0.2, 0.25) is 0 Å². The number of phenols is 1. The molecule has 0 aliphatic carbocycles. The molecule has 5 heteroatoms. The summed E-state index contributed by atoms with van der Waals surface area (Å²) in [6.07, 6.45) is 0. The van der Waals surface area contributed by atoms with Gasteiger partial charge in [0.1, 0.15) is 0 Å². The second-order valence-corrected chi connectivity index (χ2v) is 3.88. The molecular formula is C11H15FO4. The summed E-state index contributed by atoms with van der Waals surface area (Å²) in [5.41, 5.74) is -1.33. The molecule has 0 radical (unpaired) electrons. The minimum absolute atomic E-state index is 0.0441. The van der Waals surface area contributed by atoms with Crippen molar-refractivity contribution >= 4 is 0 Å². The summed E-state index contributed by atoms with van der Waals surface area (Å²) in [5, 5.41) is 19.3. The fourth-order valence-corrected chi connectivity index (χ4v) is 1.41. The monoisotopic (exact) mass is 230 g/mol. The predicted molar refractivity (Wildman–Crippen MR) is 56.4 cm³/mol. The van der Waals surface area contributed by atoms with Gasteiger partial charge in [0, 0.05) is 5.56 Å². The van der Waals surface area contributed by atoms with Crippen LogP contribution < -0.4 is 9.47 Å². The van der Waals surface area contributed by atoms with Crippen LogP contribution in [0.5, 0.6) is 17.2 Å². The Hall–Kier alpha value is -1.49. The van der Waals surface area contributed by atoms with Gasteiger partial charge in [-0.1, -0.05) is 0 Å². The normalized spacial score (nSPS) is 11.4. The molecule has 0 atom stereocenters. The predicted octanol–water partition coefficient (Wildman–Crippen LogP) is 1.78. The minimum atomic E-state index is -1.37. The fourth-order valence-electron chi connectivity index (χ4n) is 1.41. The van der Waals surface area contributed by atoms with Gasteiger partial charge in [-0.05, 0) is 19.9 Å². The van der Waals surface area contributed by atoms with E-state index in [2.05, 4.69) is 0 Å². The number of methoxy groups -OCH3 is 2. The summed E-state index contributed by atoms with van der Waals surface area (Å²) in [5.74, 6) is -1.65. The molecule has 0 aromatic heterocycles. The Morgan fingerprint density at radius 1 is 1.25 bits per heavy atom. The number of ether oxygens (including phenoxy) is 2. The highest BCUT2D eigenvalue weighted by Gasteiger charge is 2.27. The molecule has 0 unspecified atom stereocenters. The molecule has 4 nitrogen and oxygen atoms in total. The Morgan fingerprint density at radius 2 is 1.81 bits per heavy atom. The maximum atomic E-state index is 13.7. The quantitative estimate of drug-likeness (QED) is 0.831. The van der Waals surface area contributed by atoms with Crippen LogP contribution in [0.25, 0.3) is 0 Å². The number of hydrogen-bond acceptors (Lipinski definition) is 4. The summed E-state index contributed by atoms with van der Waals surface area (Å²) in [6, 6.07) is 1.34. The molecule has 0 fully saturated rings. The van der Waals surface area contributed by atoms with Gasteiger partial charge in [0.05, 0.1) is 19.8 Å². The largest absolute Gasteiger partial charge is 0.504 e. The van der Waals surface area contributed by atoms with Gasteiger partial charge in [-0.3, -0.25) is 0 Å². The molecule has 0 aliphatic rings. The smallest absolute Gasteiger partial charge is 0.210 e. The molecule has 0 spiro atoms. The summed E-state index contributed by atoms with van der Waals surface area (Å²) in [6.45, 7) is 2.88. The standard InChI is InChI=1S/C11H15FO4/c1-11(2,14)6-5-7(15-3)10(16-4)8(12)9(6)13/h5,13-14H,1-4H3. The molecule has 0 aliphatic heterocycles. The average molecular weight is 230 g/mol. The fraction of sp³-hybridized carbons (Fsp3) is 0.455. The number of aromatic hydroxyl groups is 1. The Morgan fingerprint density at radius 3 is 2.19 bits per heavy atom. The Labute approximate surface area is 93.2 Å². The second kappa shape index (κ2) is 4.17. The molecule has 1 rings (SSSR count). The zero-order valence-electron chi connectivity index (χ0n) is 9.67. The minimum Gasteiger partial charge on any atom is -0.504 e. The number of rotatable bonds is 3. The number of halogens is 1. The molecule has 0 saturated heterocycles. The summed E-state index contributed by atoms with van der Waals surface area (Å²) >= 11 is 0. The van der Waals surface area contributed by atoms with Crippen LogP contribution in [0.15, 0.2) is 6.07 Å². The van der Waals surface area contributed by atoms with E-state index in [-0.39, 0.29) is 17.1 Å². The van der Waals surface area contributed by atoms with Crippen LogP contribution in [0.1, 0.15) is 19.4 Å². The maximum Gasteiger partial charge on any atom is 0.210 e.